The Balaban J connectivity index is 3.27. The van der Waals surface area contributed by atoms with Crippen molar-refractivity contribution >= 4 is 10.0 Å². The standard InChI is InChI=1S/C14H24FN3O3S/c1-9(22(16,19)20)11(12-17-7-10(15)8-18-12)21-14(5,6)13(2,3)4/h7-9,11H,1-6H3,(H2,16,19,20)/t9-,11+/m1/s1. The van der Waals surface area contributed by atoms with Crippen LogP contribution in [0.25, 0.3) is 0 Å². The zero-order valence-corrected chi connectivity index (χ0v) is 14.6. The lowest BCUT2D eigenvalue weighted by Crippen LogP contribution is -2.44. The summed E-state index contributed by atoms with van der Waals surface area (Å²) in [5, 5.41) is 4.17. The minimum atomic E-state index is -3.88. The van der Waals surface area contributed by atoms with Gasteiger partial charge in [0.2, 0.25) is 10.0 Å². The topological polar surface area (TPSA) is 95.2 Å². The monoisotopic (exact) mass is 333 g/mol. The summed E-state index contributed by atoms with van der Waals surface area (Å²) in [7, 11) is -3.88. The van der Waals surface area contributed by atoms with Crippen LogP contribution in [0.2, 0.25) is 0 Å². The smallest absolute Gasteiger partial charge is 0.214 e. The van der Waals surface area contributed by atoms with Gasteiger partial charge in [-0.05, 0) is 26.2 Å². The molecule has 0 saturated carbocycles. The second kappa shape index (κ2) is 6.17. The Bertz CT molecular complexity index is 609. The largest absolute Gasteiger partial charge is 0.362 e. The lowest BCUT2D eigenvalue weighted by atomic mass is 9.79. The highest BCUT2D eigenvalue weighted by atomic mass is 32.2. The van der Waals surface area contributed by atoms with Gasteiger partial charge in [-0.3, -0.25) is 0 Å². The highest BCUT2D eigenvalue weighted by Gasteiger charge is 2.41. The van der Waals surface area contributed by atoms with Gasteiger partial charge in [0.1, 0.15) is 11.4 Å². The average Bonchev–Trinajstić information content (AvgIpc) is 2.34. The number of hydrogen-bond acceptors (Lipinski definition) is 5. The maximum Gasteiger partial charge on any atom is 0.214 e. The van der Waals surface area contributed by atoms with E-state index in [-0.39, 0.29) is 11.2 Å². The lowest BCUT2D eigenvalue weighted by molar-refractivity contribution is -0.134. The SMILES string of the molecule is C[C@H]([C@H](OC(C)(C)C(C)(C)C)c1ncc(F)cn1)S(N)(=O)=O. The molecule has 0 aliphatic rings. The molecule has 0 aliphatic carbocycles. The molecule has 8 heteroatoms. The molecule has 2 atom stereocenters. The molecular weight excluding hydrogens is 309 g/mol. The fourth-order valence-corrected chi connectivity index (χ4v) is 2.02. The van der Waals surface area contributed by atoms with Gasteiger partial charge in [0.05, 0.1) is 18.0 Å². The summed E-state index contributed by atoms with van der Waals surface area (Å²) in [4.78, 5) is 7.70. The lowest BCUT2D eigenvalue weighted by Gasteiger charge is -2.41. The number of sulfonamides is 1. The zero-order chi connectivity index (χ0) is 17.3. The molecule has 2 N–H and O–H groups in total. The number of halogens is 1. The zero-order valence-electron chi connectivity index (χ0n) is 13.8. The summed E-state index contributed by atoms with van der Waals surface area (Å²) in [6.45, 7) is 11.0. The van der Waals surface area contributed by atoms with Crippen molar-refractivity contribution in [2.45, 2.75) is 58.5 Å². The van der Waals surface area contributed by atoms with Crippen LogP contribution in [0.5, 0.6) is 0 Å². The molecule has 0 bridgehead atoms. The van der Waals surface area contributed by atoms with E-state index in [1.807, 2.05) is 34.6 Å². The molecule has 0 aromatic carbocycles. The van der Waals surface area contributed by atoms with E-state index >= 15 is 0 Å². The van der Waals surface area contributed by atoms with Gasteiger partial charge in [0.25, 0.3) is 0 Å². The maximum absolute atomic E-state index is 13.0. The Kier molecular flexibility index (Phi) is 5.31. The highest BCUT2D eigenvalue weighted by molar-refractivity contribution is 7.89. The van der Waals surface area contributed by atoms with Gasteiger partial charge < -0.3 is 4.74 Å². The van der Waals surface area contributed by atoms with Crippen molar-refractivity contribution in [3.05, 3.63) is 24.0 Å². The first kappa shape index (κ1) is 18.9. The first-order valence-electron chi connectivity index (χ1n) is 6.92. The van der Waals surface area contributed by atoms with E-state index in [1.165, 1.54) is 6.92 Å². The first-order valence-corrected chi connectivity index (χ1v) is 8.53. The molecule has 22 heavy (non-hydrogen) atoms. The Hall–Kier alpha value is -1.12. The predicted octanol–water partition coefficient (Wildman–Crippen LogP) is 2.18. The molecule has 126 valence electrons. The van der Waals surface area contributed by atoms with Crippen LogP contribution < -0.4 is 5.14 Å². The van der Waals surface area contributed by atoms with Crippen LogP contribution in [-0.4, -0.2) is 29.2 Å². The molecule has 0 radical (unpaired) electrons. The van der Waals surface area contributed by atoms with E-state index < -0.39 is 32.8 Å². The molecule has 0 spiro atoms. The molecule has 1 rings (SSSR count). The van der Waals surface area contributed by atoms with E-state index in [1.54, 1.807) is 0 Å². The third kappa shape index (κ3) is 4.44. The van der Waals surface area contributed by atoms with Gasteiger partial charge in [0, 0.05) is 0 Å². The molecule has 1 aromatic heterocycles. The summed E-state index contributed by atoms with van der Waals surface area (Å²) in [5.74, 6) is -0.527. The number of nitrogens with two attached hydrogens (primary N) is 1. The number of aromatic nitrogens is 2. The summed E-state index contributed by atoms with van der Waals surface area (Å²) in [6, 6.07) is 0. The van der Waals surface area contributed by atoms with Gasteiger partial charge >= 0.3 is 0 Å². The molecular formula is C14H24FN3O3S. The number of nitrogens with zero attached hydrogens (tertiary/aromatic N) is 2. The van der Waals surface area contributed by atoms with Crippen molar-refractivity contribution in [1.29, 1.82) is 0 Å². The Morgan fingerprint density at radius 3 is 2.00 bits per heavy atom. The van der Waals surface area contributed by atoms with E-state index in [0.717, 1.165) is 12.4 Å². The van der Waals surface area contributed by atoms with Gasteiger partial charge in [-0.25, -0.2) is 27.9 Å². The number of rotatable bonds is 5. The van der Waals surface area contributed by atoms with E-state index in [0.29, 0.717) is 0 Å². The normalized spacial score (nSPS) is 16.4. The van der Waals surface area contributed by atoms with Crippen molar-refractivity contribution in [3.8, 4) is 0 Å². The van der Waals surface area contributed by atoms with Crippen molar-refractivity contribution < 1.29 is 17.5 Å². The van der Waals surface area contributed by atoms with E-state index in [4.69, 9.17) is 9.88 Å². The molecule has 0 amide bonds. The summed E-state index contributed by atoms with van der Waals surface area (Å²) in [5.41, 5.74) is -0.961. The van der Waals surface area contributed by atoms with Crippen LogP contribution in [-0.2, 0) is 14.8 Å². The first-order chi connectivity index (χ1) is 9.75. The summed E-state index contributed by atoms with van der Waals surface area (Å²) < 4.78 is 42.4. The van der Waals surface area contributed by atoms with Crippen molar-refractivity contribution in [3.63, 3.8) is 0 Å². The molecule has 6 nitrogen and oxygen atoms in total. The Labute approximate surface area is 131 Å². The van der Waals surface area contributed by atoms with Gasteiger partial charge in [-0.2, -0.15) is 0 Å². The maximum atomic E-state index is 13.0. The fourth-order valence-electron chi connectivity index (χ4n) is 1.49. The second-order valence-corrected chi connectivity index (χ2v) is 8.77. The van der Waals surface area contributed by atoms with Crippen molar-refractivity contribution in [2.24, 2.45) is 10.6 Å². The van der Waals surface area contributed by atoms with Crippen molar-refractivity contribution in [2.75, 3.05) is 0 Å². The predicted molar refractivity (Wildman–Crippen MR) is 81.9 cm³/mol. The summed E-state index contributed by atoms with van der Waals surface area (Å²) >= 11 is 0. The number of primary sulfonamides is 1. The fraction of sp³-hybridized carbons (Fsp3) is 0.714. The summed E-state index contributed by atoms with van der Waals surface area (Å²) in [6.07, 6.45) is 0.946. The molecule has 0 unspecified atom stereocenters. The van der Waals surface area contributed by atoms with Crippen LogP contribution >= 0.6 is 0 Å². The molecule has 0 fully saturated rings. The Morgan fingerprint density at radius 1 is 1.18 bits per heavy atom. The third-order valence-electron chi connectivity index (χ3n) is 4.07. The van der Waals surface area contributed by atoms with Crippen LogP contribution in [0.15, 0.2) is 12.4 Å². The molecule has 1 aromatic rings. The minimum Gasteiger partial charge on any atom is -0.362 e. The van der Waals surface area contributed by atoms with E-state index in [9.17, 15) is 12.8 Å². The molecule has 0 aliphatic heterocycles. The number of hydrogen-bond donors (Lipinski definition) is 1. The van der Waals surface area contributed by atoms with Gasteiger partial charge in [0.15, 0.2) is 11.6 Å². The van der Waals surface area contributed by atoms with Gasteiger partial charge in [-0.1, -0.05) is 20.8 Å². The van der Waals surface area contributed by atoms with Gasteiger partial charge in [-0.15, -0.1) is 0 Å². The van der Waals surface area contributed by atoms with E-state index in [2.05, 4.69) is 9.97 Å². The number of ether oxygens (including phenoxy) is 1. The average molecular weight is 333 g/mol. The van der Waals surface area contributed by atoms with Crippen LogP contribution in [0.3, 0.4) is 0 Å². The van der Waals surface area contributed by atoms with Crippen LogP contribution in [0.4, 0.5) is 4.39 Å². The third-order valence-corrected chi connectivity index (χ3v) is 5.35. The molecule has 0 saturated heterocycles. The Morgan fingerprint density at radius 2 is 1.64 bits per heavy atom. The van der Waals surface area contributed by atoms with Crippen LogP contribution in [0, 0.1) is 11.2 Å². The van der Waals surface area contributed by atoms with Crippen molar-refractivity contribution in [1.82, 2.24) is 9.97 Å². The second-order valence-electron chi connectivity index (χ2n) is 6.85. The highest BCUT2D eigenvalue weighted by Crippen LogP contribution is 2.38. The quantitative estimate of drug-likeness (QED) is 0.891. The van der Waals surface area contributed by atoms with Crippen LogP contribution in [0.1, 0.15) is 53.5 Å². The molecule has 1 heterocycles. The minimum absolute atomic E-state index is 0.0836.